The summed E-state index contributed by atoms with van der Waals surface area (Å²) in [7, 11) is 0. The minimum Gasteiger partial charge on any atom is -0.258 e. The number of hydrogen-bond donors (Lipinski definition) is 0. The Kier molecular flexibility index (Phi) is 3.84. The van der Waals surface area contributed by atoms with Crippen molar-refractivity contribution in [3.63, 3.8) is 0 Å². The van der Waals surface area contributed by atoms with Crippen molar-refractivity contribution >= 4 is 21.6 Å². The first-order chi connectivity index (χ1) is 7.49. The van der Waals surface area contributed by atoms with Gasteiger partial charge in [-0.05, 0) is 15.9 Å². The third kappa shape index (κ3) is 2.30. The maximum atomic E-state index is 12.5. The first-order valence-corrected chi connectivity index (χ1v) is 4.75. The van der Waals surface area contributed by atoms with Gasteiger partial charge in [-0.25, -0.2) is 13.8 Å². The Morgan fingerprint density at radius 3 is 2.75 bits per heavy atom. The van der Waals surface area contributed by atoms with Crippen LogP contribution in [0.15, 0.2) is 10.8 Å². The lowest BCUT2D eigenvalue weighted by molar-refractivity contribution is -0.386. The molecule has 0 aromatic carbocycles. The molecule has 0 radical (unpaired) electrons. The molecular weight excluding hydrogens is 288 g/mol. The van der Waals surface area contributed by atoms with E-state index >= 15 is 0 Å². The largest absolute Gasteiger partial charge is 0.306 e. The van der Waals surface area contributed by atoms with E-state index < -0.39 is 29.0 Å². The number of aromatic nitrogens is 1. The molecule has 1 heterocycles. The second-order valence-corrected chi connectivity index (χ2v) is 3.48. The molecular formula is C8H4BrF2N3O2. The van der Waals surface area contributed by atoms with E-state index in [2.05, 4.69) is 20.9 Å². The quantitative estimate of drug-likeness (QED) is 0.487. The van der Waals surface area contributed by atoms with E-state index in [1.807, 2.05) is 0 Å². The Morgan fingerprint density at radius 1 is 1.69 bits per heavy atom. The summed E-state index contributed by atoms with van der Waals surface area (Å²) in [6.45, 7) is 0. The van der Waals surface area contributed by atoms with Gasteiger partial charge in [-0.1, -0.05) is 0 Å². The van der Waals surface area contributed by atoms with E-state index in [4.69, 9.17) is 5.26 Å². The molecule has 16 heavy (non-hydrogen) atoms. The summed E-state index contributed by atoms with van der Waals surface area (Å²) >= 11 is 2.79. The van der Waals surface area contributed by atoms with Crippen molar-refractivity contribution < 1.29 is 13.7 Å². The van der Waals surface area contributed by atoms with Gasteiger partial charge in [0.15, 0.2) is 4.60 Å². The Balaban J connectivity index is 3.51. The molecule has 0 aliphatic rings. The van der Waals surface area contributed by atoms with Crippen LogP contribution < -0.4 is 0 Å². The van der Waals surface area contributed by atoms with E-state index in [1.54, 1.807) is 6.07 Å². The average Bonchev–Trinajstić information content (AvgIpc) is 2.17. The second kappa shape index (κ2) is 4.94. The zero-order valence-electron chi connectivity index (χ0n) is 7.65. The maximum absolute atomic E-state index is 12.5. The molecule has 0 spiro atoms. The van der Waals surface area contributed by atoms with Gasteiger partial charge >= 0.3 is 5.69 Å². The molecule has 0 atom stereocenters. The van der Waals surface area contributed by atoms with Gasteiger partial charge in [0.05, 0.1) is 23.0 Å². The van der Waals surface area contributed by atoms with Gasteiger partial charge in [0.25, 0.3) is 6.43 Å². The monoisotopic (exact) mass is 291 g/mol. The van der Waals surface area contributed by atoms with Crippen molar-refractivity contribution in [3.8, 4) is 6.07 Å². The van der Waals surface area contributed by atoms with Crippen LogP contribution in [0.4, 0.5) is 14.5 Å². The van der Waals surface area contributed by atoms with E-state index in [-0.39, 0.29) is 10.2 Å². The third-order valence-electron chi connectivity index (χ3n) is 1.82. The molecule has 5 nitrogen and oxygen atoms in total. The molecule has 0 amide bonds. The first kappa shape index (κ1) is 12.4. The summed E-state index contributed by atoms with van der Waals surface area (Å²) in [4.78, 5) is 13.3. The van der Waals surface area contributed by atoms with Gasteiger partial charge in [-0.3, -0.25) is 10.1 Å². The molecule has 0 unspecified atom stereocenters. The molecule has 0 fully saturated rings. The molecule has 0 saturated carbocycles. The van der Waals surface area contributed by atoms with Crippen molar-refractivity contribution in [1.29, 1.82) is 5.26 Å². The van der Waals surface area contributed by atoms with Crippen LogP contribution in [0.2, 0.25) is 0 Å². The Hall–Kier alpha value is -1.62. The highest BCUT2D eigenvalue weighted by molar-refractivity contribution is 9.10. The summed E-state index contributed by atoms with van der Waals surface area (Å²) in [6.07, 6.45) is -2.53. The summed E-state index contributed by atoms with van der Waals surface area (Å²) in [6, 6.07) is 1.62. The van der Waals surface area contributed by atoms with E-state index in [0.717, 1.165) is 6.20 Å². The summed E-state index contributed by atoms with van der Waals surface area (Å²) in [5.41, 5.74) is -1.47. The molecule has 0 N–H and O–H groups in total. The normalized spacial score (nSPS) is 10.2. The zero-order valence-corrected chi connectivity index (χ0v) is 9.24. The van der Waals surface area contributed by atoms with Crippen molar-refractivity contribution in [1.82, 2.24) is 4.98 Å². The average molecular weight is 292 g/mol. The van der Waals surface area contributed by atoms with Crippen LogP contribution in [0, 0.1) is 21.4 Å². The number of nitriles is 1. The van der Waals surface area contributed by atoms with Crippen LogP contribution in [0.25, 0.3) is 0 Å². The zero-order chi connectivity index (χ0) is 12.3. The van der Waals surface area contributed by atoms with Gasteiger partial charge in [-0.15, -0.1) is 0 Å². The van der Waals surface area contributed by atoms with Crippen LogP contribution in [-0.4, -0.2) is 9.91 Å². The molecule has 1 rings (SSSR count). The highest BCUT2D eigenvalue weighted by atomic mass is 79.9. The van der Waals surface area contributed by atoms with E-state index in [0.29, 0.717) is 0 Å². The predicted molar refractivity (Wildman–Crippen MR) is 52.9 cm³/mol. The lowest BCUT2D eigenvalue weighted by Crippen LogP contribution is -2.03. The molecule has 0 saturated heterocycles. The SMILES string of the molecule is N#CCc1c(C(F)F)cnc(Br)c1[N+](=O)[O-]. The fourth-order valence-corrected chi connectivity index (χ4v) is 1.65. The van der Waals surface area contributed by atoms with Crippen LogP contribution in [0.5, 0.6) is 0 Å². The maximum Gasteiger partial charge on any atom is 0.306 e. The number of rotatable bonds is 3. The van der Waals surface area contributed by atoms with Crippen molar-refractivity contribution in [3.05, 3.63) is 32.0 Å². The van der Waals surface area contributed by atoms with Crippen LogP contribution >= 0.6 is 15.9 Å². The molecule has 8 heteroatoms. The third-order valence-corrected chi connectivity index (χ3v) is 2.40. The van der Waals surface area contributed by atoms with Crippen molar-refractivity contribution in [2.75, 3.05) is 0 Å². The van der Waals surface area contributed by atoms with E-state index in [9.17, 15) is 18.9 Å². The van der Waals surface area contributed by atoms with Gasteiger partial charge in [0, 0.05) is 11.8 Å². The standard InChI is InChI=1S/C8H4BrF2N3O2/c9-7-6(14(15)16)4(1-2-12)5(3-13-7)8(10)11/h3,8H,1H2. The highest BCUT2D eigenvalue weighted by Crippen LogP contribution is 2.33. The second-order valence-electron chi connectivity index (χ2n) is 2.72. The van der Waals surface area contributed by atoms with Crippen LogP contribution in [0.1, 0.15) is 17.6 Å². The predicted octanol–water partition coefficient (Wildman–Crippen LogP) is 2.76. The number of hydrogen-bond acceptors (Lipinski definition) is 4. The van der Waals surface area contributed by atoms with Crippen molar-refractivity contribution in [2.24, 2.45) is 0 Å². The van der Waals surface area contributed by atoms with Gasteiger partial charge in [0.1, 0.15) is 0 Å². The number of halogens is 3. The minimum absolute atomic E-state index is 0.160. The number of alkyl halides is 2. The summed E-state index contributed by atoms with van der Waals surface area (Å²) in [5.74, 6) is 0. The first-order valence-electron chi connectivity index (χ1n) is 3.95. The lowest BCUT2D eigenvalue weighted by atomic mass is 10.1. The Morgan fingerprint density at radius 2 is 2.31 bits per heavy atom. The molecule has 1 aromatic heterocycles. The fraction of sp³-hybridized carbons (Fsp3) is 0.250. The van der Waals surface area contributed by atoms with Crippen LogP contribution in [-0.2, 0) is 6.42 Å². The van der Waals surface area contributed by atoms with E-state index in [1.165, 1.54) is 0 Å². The van der Waals surface area contributed by atoms with Gasteiger partial charge in [0.2, 0.25) is 0 Å². The van der Waals surface area contributed by atoms with Gasteiger partial charge < -0.3 is 0 Å². The Bertz CT molecular complexity index is 473. The molecule has 0 aliphatic carbocycles. The van der Waals surface area contributed by atoms with Gasteiger partial charge in [-0.2, -0.15) is 5.26 Å². The molecule has 84 valence electrons. The minimum atomic E-state index is -2.90. The topological polar surface area (TPSA) is 79.8 Å². The summed E-state index contributed by atoms with van der Waals surface area (Å²) in [5, 5.41) is 19.1. The fourth-order valence-electron chi connectivity index (χ4n) is 1.16. The summed E-state index contributed by atoms with van der Waals surface area (Å²) < 4.78 is 24.9. The van der Waals surface area contributed by atoms with Crippen molar-refractivity contribution in [2.45, 2.75) is 12.8 Å². The number of nitro groups is 1. The lowest BCUT2D eigenvalue weighted by Gasteiger charge is -2.06. The number of pyridine rings is 1. The highest BCUT2D eigenvalue weighted by Gasteiger charge is 2.26. The van der Waals surface area contributed by atoms with Crippen LogP contribution in [0.3, 0.4) is 0 Å². The molecule has 1 aromatic rings. The molecule has 0 aliphatic heterocycles. The Labute approximate surface area is 97.0 Å². The molecule has 0 bridgehead atoms. The number of nitrogens with zero attached hydrogens (tertiary/aromatic N) is 3. The smallest absolute Gasteiger partial charge is 0.258 e.